The smallest absolute Gasteiger partial charge is 0.271 e. The van der Waals surface area contributed by atoms with Gasteiger partial charge in [-0.15, -0.1) is 11.3 Å². The topological polar surface area (TPSA) is 100 Å². The summed E-state index contributed by atoms with van der Waals surface area (Å²) in [6.45, 7) is 0. The minimum Gasteiger partial charge on any atom is -0.321 e. The molecule has 3 rings (SSSR count). The van der Waals surface area contributed by atoms with Crippen LogP contribution in [0.4, 0.5) is 5.69 Å². The van der Waals surface area contributed by atoms with E-state index in [1.807, 2.05) is 5.38 Å². The summed E-state index contributed by atoms with van der Waals surface area (Å²) in [4.78, 5) is 40.3. The van der Waals surface area contributed by atoms with Crippen molar-refractivity contribution < 1.29 is 14.4 Å². The van der Waals surface area contributed by atoms with Crippen LogP contribution in [0.15, 0.2) is 66.3 Å². The molecule has 1 aromatic carbocycles. The van der Waals surface area contributed by atoms with Crippen LogP contribution >= 0.6 is 11.3 Å². The first-order valence-electron chi connectivity index (χ1n) is 7.59. The highest BCUT2D eigenvalue weighted by Crippen LogP contribution is 2.14. The SMILES string of the molecule is O=C(NNC(=O)c1cccnc1)c1ccc(NC(=O)c2cccs2)cc1. The third-order valence-electron chi connectivity index (χ3n) is 3.36. The summed E-state index contributed by atoms with van der Waals surface area (Å²) in [5.74, 6) is -1.15. The summed E-state index contributed by atoms with van der Waals surface area (Å²) in [6, 6.07) is 13.1. The Labute approximate surface area is 153 Å². The van der Waals surface area contributed by atoms with E-state index in [1.165, 1.54) is 17.5 Å². The molecule has 2 heterocycles. The molecule has 130 valence electrons. The molecular formula is C18H14N4O3S. The lowest BCUT2D eigenvalue weighted by molar-refractivity contribution is 0.0846. The fourth-order valence-electron chi connectivity index (χ4n) is 2.06. The second-order valence-electron chi connectivity index (χ2n) is 5.16. The average molecular weight is 366 g/mol. The van der Waals surface area contributed by atoms with Crippen molar-refractivity contribution in [1.29, 1.82) is 0 Å². The first-order chi connectivity index (χ1) is 12.6. The number of carbonyl (C=O) groups is 3. The van der Waals surface area contributed by atoms with Gasteiger partial charge in [0.25, 0.3) is 17.7 Å². The van der Waals surface area contributed by atoms with Gasteiger partial charge in [-0.2, -0.15) is 0 Å². The van der Waals surface area contributed by atoms with Crippen LogP contribution in [-0.2, 0) is 0 Å². The van der Waals surface area contributed by atoms with E-state index in [0.717, 1.165) is 0 Å². The van der Waals surface area contributed by atoms with E-state index in [-0.39, 0.29) is 5.91 Å². The van der Waals surface area contributed by atoms with E-state index < -0.39 is 11.8 Å². The molecule has 2 aromatic heterocycles. The van der Waals surface area contributed by atoms with E-state index in [4.69, 9.17) is 0 Å². The van der Waals surface area contributed by atoms with Crippen LogP contribution < -0.4 is 16.2 Å². The zero-order chi connectivity index (χ0) is 18.4. The van der Waals surface area contributed by atoms with Crippen molar-refractivity contribution in [3.63, 3.8) is 0 Å². The number of hydrogen-bond donors (Lipinski definition) is 3. The van der Waals surface area contributed by atoms with Crippen molar-refractivity contribution in [3.05, 3.63) is 82.3 Å². The Balaban J connectivity index is 1.55. The predicted octanol–water partition coefficient (Wildman–Crippen LogP) is 2.47. The molecule has 0 saturated carbocycles. The Kier molecular flexibility index (Phi) is 5.35. The van der Waals surface area contributed by atoms with E-state index in [1.54, 1.807) is 54.7 Å². The number of hydrazine groups is 1. The molecule has 0 saturated heterocycles. The highest BCUT2D eigenvalue weighted by molar-refractivity contribution is 7.12. The van der Waals surface area contributed by atoms with Crippen molar-refractivity contribution in [2.24, 2.45) is 0 Å². The molecular weight excluding hydrogens is 352 g/mol. The molecule has 0 unspecified atom stereocenters. The minimum atomic E-state index is -0.474. The van der Waals surface area contributed by atoms with Crippen LogP contribution in [0.5, 0.6) is 0 Å². The number of amides is 3. The number of carbonyl (C=O) groups excluding carboxylic acids is 3. The number of nitrogens with zero attached hydrogens (tertiary/aromatic N) is 1. The van der Waals surface area contributed by atoms with Gasteiger partial charge in [0, 0.05) is 23.6 Å². The van der Waals surface area contributed by atoms with Crippen molar-refractivity contribution in [3.8, 4) is 0 Å². The number of pyridine rings is 1. The molecule has 7 nitrogen and oxygen atoms in total. The Morgan fingerprint density at radius 2 is 1.54 bits per heavy atom. The predicted molar refractivity (Wildman–Crippen MR) is 97.9 cm³/mol. The molecule has 3 aromatic rings. The second kappa shape index (κ2) is 8.04. The summed E-state index contributed by atoms with van der Waals surface area (Å²) in [5.41, 5.74) is 5.88. The largest absolute Gasteiger partial charge is 0.321 e. The summed E-state index contributed by atoms with van der Waals surface area (Å²) in [6.07, 6.45) is 2.95. The zero-order valence-electron chi connectivity index (χ0n) is 13.4. The first kappa shape index (κ1) is 17.3. The van der Waals surface area contributed by atoms with Crippen molar-refractivity contribution in [2.45, 2.75) is 0 Å². The molecule has 3 N–H and O–H groups in total. The van der Waals surface area contributed by atoms with Crippen molar-refractivity contribution in [2.75, 3.05) is 5.32 Å². The third kappa shape index (κ3) is 4.31. The van der Waals surface area contributed by atoms with Gasteiger partial charge in [0.2, 0.25) is 0 Å². The van der Waals surface area contributed by atoms with Gasteiger partial charge in [-0.3, -0.25) is 30.2 Å². The number of rotatable bonds is 4. The van der Waals surface area contributed by atoms with Crippen LogP contribution in [0.2, 0.25) is 0 Å². The molecule has 0 radical (unpaired) electrons. The molecule has 0 spiro atoms. The van der Waals surface area contributed by atoms with Gasteiger partial charge in [-0.25, -0.2) is 0 Å². The number of aromatic nitrogens is 1. The van der Waals surface area contributed by atoms with Gasteiger partial charge in [-0.05, 0) is 47.8 Å². The van der Waals surface area contributed by atoms with E-state index in [9.17, 15) is 14.4 Å². The number of nitrogens with one attached hydrogen (secondary N) is 3. The second-order valence-corrected chi connectivity index (χ2v) is 6.11. The van der Waals surface area contributed by atoms with Gasteiger partial charge >= 0.3 is 0 Å². The summed E-state index contributed by atoms with van der Waals surface area (Å²) >= 11 is 1.34. The maximum absolute atomic E-state index is 12.1. The normalized spacial score (nSPS) is 10.0. The summed E-state index contributed by atoms with van der Waals surface area (Å²) in [5, 5.41) is 4.57. The van der Waals surface area contributed by atoms with Gasteiger partial charge in [-0.1, -0.05) is 6.07 Å². The number of thiophene rings is 1. The Morgan fingerprint density at radius 1 is 0.808 bits per heavy atom. The monoisotopic (exact) mass is 366 g/mol. The molecule has 3 amide bonds. The lowest BCUT2D eigenvalue weighted by Gasteiger charge is -2.08. The standard InChI is InChI=1S/C18H14N4O3S/c23-16(21-22-17(24)13-3-1-9-19-11-13)12-5-7-14(8-6-12)20-18(25)15-4-2-10-26-15/h1-11H,(H,20,25)(H,21,23)(H,22,24). The summed E-state index contributed by atoms with van der Waals surface area (Å²) in [7, 11) is 0. The van der Waals surface area contributed by atoms with Gasteiger partial charge in [0.15, 0.2) is 0 Å². The molecule has 0 bridgehead atoms. The Morgan fingerprint density at radius 3 is 2.15 bits per heavy atom. The Hall–Kier alpha value is -3.52. The molecule has 26 heavy (non-hydrogen) atoms. The van der Waals surface area contributed by atoms with Gasteiger partial charge < -0.3 is 5.32 Å². The first-order valence-corrected chi connectivity index (χ1v) is 8.47. The van der Waals surface area contributed by atoms with Crippen molar-refractivity contribution in [1.82, 2.24) is 15.8 Å². The van der Waals surface area contributed by atoms with Crippen LogP contribution in [-0.4, -0.2) is 22.7 Å². The number of benzene rings is 1. The summed E-state index contributed by atoms with van der Waals surface area (Å²) < 4.78 is 0. The quantitative estimate of drug-likeness (QED) is 0.618. The average Bonchev–Trinajstić information content (AvgIpc) is 3.22. The molecule has 0 fully saturated rings. The molecule has 0 aliphatic heterocycles. The van der Waals surface area contributed by atoms with E-state index in [2.05, 4.69) is 21.2 Å². The zero-order valence-corrected chi connectivity index (χ0v) is 14.2. The molecule has 8 heteroatoms. The van der Waals surface area contributed by atoms with Crippen molar-refractivity contribution >= 4 is 34.7 Å². The van der Waals surface area contributed by atoms with Gasteiger partial charge in [0.05, 0.1) is 10.4 Å². The highest BCUT2D eigenvalue weighted by atomic mass is 32.1. The Bertz CT molecular complexity index is 909. The maximum atomic E-state index is 12.1. The molecule has 0 aliphatic rings. The molecule has 0 atom stereocenters. The fourth-order valence-corrected chi connectivity index (χ4v) is 2.68. The highest BCUT2D eigenvalue weighted by Gasteiger charge is 2.10. The van der Waals surface area contributed by atoms with Crippen LogP contribution in [0, 0.1) is 0 Å². The van der Waals surface area contributed by atoms with Crippen LogP contribution in [0.25, 0.3) is 0 Å². The fraction of sp³-hybridized carbons (Fsp3) is 0. The maximum Gasteiger partial charge on any atom is 0.271 e. The number of hydrogen-bond acceptors (Lipinski definition) is 5. The van der Waals surface area contributed by atoms with Crippen LogP contribution in [0.1, 0.15) is 30.4 Å². The number of anilines is 1. The van der Waals surface area contributed by atoms with E-state index in [0.29, 0.717) is 21.7 Å². The van der Waals surface area contributed by atoms with Crippen LogP contribution in [0.3, 0.4) is 0 Å². The minimum absolute atomic E-state index is 0.207. The molecule has 0 aliphatic carbocycles. The van der Waals surface area contributed by atoms with Gasteiger partial charge in [0.1, 0.15) is 0 Å². The third-order valence-corrected chi connectivity index (χ3v) is 4.23. The van der Waals surface area contributed by atoms with E-state index >= 15 is 0 Å². The lowest BCUT2D eigenvalue weighted by atomic mass is 10.2. The lowest BCUT2D eigenvalue weighted by Crippen LogP contribution is -2.41.